The number of hydrogen-bond donors (Lipinski definition) is 3. The average Bonchev–Trinajstić information content (AvgIpc) is 2.53. The predicted octanol–water partition coefficient (Wildman–Crippen LogP) is 3.03. The van der Waals surface area contributed by atoms with Crippen molar-refractivity contribution in [2.24, 2.45) is 0 Å². The van der Waals surface area contributed by atoms with Gasteiger partial charge in [0.05, 0.1) is 12.0 Å². The molecule has 0 saturated heterocycles. The van der Waals surface area contributed by atoms with Crippen LogP contribution < -0.4 is 5.43 Å². The Kier molecular flexibility index (Phi) is 4.14. The van der Waals surface area contributed by atoms with Gasteiger partial charge in [-0.05, 0) is 6.07 Å². The first-order valence-corrected chi connectivity index (χ1v) is 7.37. The minimum absolute atomic E-state index is 0.0324. The lowest BCUT2D eigenvalue weighted by Crippen LogP contribution is -2.11. The molecule has 7 heteroatoms. The maximum absolute atomic E-state index is 14.2. The molecule has 6 nitrogen and oxygen atoms in total. The smallest absolute Gasteiger partial charge is 0.303 e. The second-order valence-electron chi connectivity index (χ2n) is 5.44. The molecule has 3 N–H and O–H groups in total. The molecule has 2 aromatic carbocycles. The molecule has 1 heterocycles. The Morgan fingerprint density at radius 1 is 1.16 bits per heavy atom. The van der Waals surface area contributed by atoms with Gasteiger partial charge in [0.2, 0.25) is 5.43 Å². The van der Waals surface area contributed by atoms with Crippen LogP contribution in [0.15, 0.2) is 45.6 Å². The summed E-state index contributed by atoms with van der Waals surface area (Å²) in [7, 11) is 0. The van der Waals surface area contributed by atoms with Crippen molar-refractivity contribution in [1.29, 1.82) is 0 Å². The summed E-state index contributed by atoms with van der Waals surface area (Å²) in [6.45, 7) is 0. The van der Waals surface area contributed by atoms with Gasteiger partial charge in [-0.2, -0.15) is 0 Å². The molecule has 0 aliphatic carbocycles. The SMILES string of the molecule is O=C(O)CCc1oc2cc(O)cc(O)c2c(=O)c1-c1ccccc1F. The molecule has 0 aliphatic heterocycles. The molecule has 0 atom stereocenters. The number of carboxylic acids is 1. The Labute approximate surface area is 140 Å². The van der Waals surface area contributed by atoms with Crippen LogP contribution in [0.2, 0.25) is 0 Å². The number of hydrogen-bond acceptors (Lipinski definition) is 5. The molecular formula is C18H13FO6. The van der Waals surface area contributed by atoms with Crippen LogP contribution in [0.1, 0.15) is 12.2 Å². The summed E-state index contributed by atoms with van der Waals surface area (Å²) >= 11 is 0. The number of benzene rings is 2. The fourth-order valence-electron chi connectivity index (χ4n) is 2.66. The molecular weight excluding hydrogens is 331 g/mol. The molecule has 0 unspecified atom stereocenters. The summed E-state index contributed by atoms with van der Waals surface area (Å²) in [6, 6.07) is 7.62. The van der Waals surface area contributed by atoms with E-state index in [2.05, 4.69) is 0 Å². The number of phenolic OH excluding ortho intramolecular Hbond substituents is 2. The van der Waals surface area contributed by atoms with Gasteiger partial charge in [0.15, 0.2) is 0 Å². The van der Waals surface area contributed by atoms with Gasteiger partial charge in [-0.3, -0.25) is 9.59 Å². The van der Waals surface area contributed by atoms with Crippen molar-refractivity contribution < 1.29 is 28.9 Å². The van der Waals surface area contributed by atoms with E-state index in [1.54, 1.807) is 0 Å². The molecule has 0 radical (unpaired) electrons. The normalized spacial score (nSPS) is 10.9. The van der Waals surface area contributed by atoms with Gasteiger partial charge in [-0.15, -0.1) is 0 Å². The fourth-order valence-corrected chi connectivity index (χ4v) is 2.66. The number of rotatable bonds is 4. The minimum atomic E-state index is -1.11. The fraction of sp³-hybridized carbons (Fsp3) is 0.111. The van der Waals surface area contributed by atoms with E-state index in [1.807, 2.05) is 0 Å². The van der Waals surface area contributed by atoms with E-state index in [0.29, 0.717) is 0 Å². The van der Waals surface area contributed by atoms with Gasteiger partial charge < -0.3 is 19.7 Å². The molecule has 0 amide bonds. The van der Waals surface area contributed by atoms with Gasteiger partial charge >= 0.3 is 5.97 Å². The van der Waals surface area contributed by atoms with Gasteiger partial charge in [0, 0.05) is 24.1 Å². The highest BCUT2D eigenvalue weighted by molar-refractivity contribution is 5.89. The molecule has 0 fully saturated rings. The Morgan fingerprint density at radius 2 is 1.88 bits per heavy atom. The van der Waals surface area contributed by atoms with Crippen LogP contribution in [0.4, 0.5) is 4.39 Å². The summed E-state index contributed by atoms with van der Waals surface area (Å²) in [6.07, 6.45) is -0.485. The topological polar surface area (TPSA) is 108 Å². The van der Waals surface area contributed by atoms with Crippen molar-refractivity contribution in [3.8, 4) is 22.6 Å². The molecule has 1 aromatic heterocycles. The number of aliphatic carboxylic acids is 1. The maximum atomic E-state index is 14.2. The van der Waals surface area contributed by atoms with Crippen molar-refractivity contribution in [3.63, 3.8) is 0 Å². The molecule has 3 rings (SSSR count). The second-order valence-corrected chi connectivity index (χ2v) is 5.44. The number of carboxylic acid groups (broad SMARTS) is 1. The van der Waals surface area contributed by atoms with Crippen LogP contribution in [-0.2, 0) is 11.2 Å². The van der Waals surface area contributed by atoms with E-state index < -0.39 is 23.0 Å². The molecule has 0 aliphatic rings. The minimum Gasteiger partial charge on any atom is -0.508 e. The Morgan fingerprint density at radius 3 is 2.56 bits per heavy atom. The third kappa shape index (κ3) is 3.03. The van der Waals surface area contributed by atoms with Crippen molar-refractivity contribution in [3.05, 3.63) is 58.2 Å². The van der Waals surface area contributed by atoms with Crippen molar-refractivity contribution in [2.45, 2.75) is 12.8 Å². The zero-order valence-electron chi connectivity index (χ0n) is 12.8. The first-order chi connectivity index (χ1) is 11.9. The van der Waals surface area contributed by atoms with Crippen molar-refractivity contribution in [2.75, 3.05) is 0 Å². The van der Waals surface area contributed by atoms with E-state index in [4.69, 9.17) is 9.52 Å². The molecule has 0 bridgehead atoms. The molecule has 128 valence electrons. The maximum Gasteiger partial charge on any atom is 0.303 e. The lowest BCUT2D eigenvalue weighted by Gasteiger charge is -2.11. The monoisotopic (exact) mass is 344 g/mol. The molecule has 3 aromatic rings. The third-order valence-corrected chi connectivity index (χ3v) is 3.74. The number of aryl methyl sites for hydroxylation is 1. The van der Waals surface area contributed by atoms with Crippen LogP contribution >= 0.6 is 0 Å². The second kappa shape index (κ2) is 6.27. The number of fused-ring (bicyclic) bond motifs is 1. The zero-order chi connectivity index (χ0) is 18.1. The van der Waals surface area contributed by atoms with Crippen molar-refractivity contribution >= 4 is 16.9 Å². The molecule has 25 heavy (non-hydrogen) atoms. The number of phenols is 2. The third-order valence-electron chi connectivity index (χ3n) is 3.74. The average molecular weight is 344 g/mol. The van der Waals surface area contributed by atoms with Crippen LogP contribution in [0.25, 0.3) is 22.1 Å². The first kappa shape index (κ1) is 16.5. The Hall–Kier alpha value is -3.35. The molecule has 0 saturated carbocycles. The number of aromatic hydroxyl groups is 2. The van der Waals surface area contributed by atoms with E-state index >= 15 is 0 Å². The quantitative estimate of drug-likeness (QED) is 0.671. The molecule has 0 spiro atoms. The van der Waals surface area contributed by atoms with Crippen LogP contribution in [-0.4, -0.2) is 21.3 Å². The van der Waals surface area contributed by atoms with E-state index in [9.17, 15) is 24.2 Å². The number of halogens is 1. The van der Waals surface area contributed by atoms with E-state index in [-0.39, 0.29) is 46.4 Å². The highest BCUT2D eigenvalue weighted by atomic mass is 19.1. The standard InChI is InChI=1S/C18H13FO6/c19-11-4-2-1-3-10(11)16-13(5-6-15(22)23)25-14-8-9(20)7-12(21)17(14)18(16)24/h1-4,7-8,20-21H,5-6H2,(H,22,23). The highest BCUT2D eigenvalue weighted by Crippen LogP contribution is 2.33. The largest absolute Gasteiger partial charge is 0.508 e. The van der Waals surface area contributed by atoms with Crippen LogP contribution in [0.3, 0.4) is 0 Å². The lowest BCUT2D eigenvalue weighted by atomic mass is 9.99. The highest BCUT2D eigenvalue weighted by Gasteiger charge is 2.21. The van der Waals surface area contributed by atoms with Crippen molar-refractivity contribution in [1.82, 2.24) is 0 Å². The summed E-state index contributed by atoms with van der Waals surface area (Å²) < 4.78 is 19.7. The lowest BCUT2D eigenvalue weighted by molar-refractivity contribution is -0.137. The Balaban J connectivity index is 2.37. The van der Waals surface area contributed by atoms with E-state index in [0.717, 1.165) is 18.2 Å². The predicted molar refractivity (Wildman–Crippen MR) is 87.2 cm³/mol. The van der Waals surface area contributed by atoms with Gasteiger partial charge in [-0.25, -0.2) is 4.39 Å². The van der Waals surface area contributed by atoms with Gasteiger partial charge in [0.1, 0.15) is 34.0 Å². The van der Waals surface area contributed by atoms with Gasteiger partial charge in [0.25, 0.3) is 0 Å². The van der Waals surface area contributed by atoms with Crippen LogP contribution in [0.5, 0.6) is 11.5 Å². The summed E-state index contributed by atoms with van der Waals surface area (Å²) in [5.74, 6) is -2.65. The van der Waals surface area contributed by atoms with Gasteiger partial charge in [-0.1, -0.05) is 18.2 Å². The zero-order valence-corrected chi connectivity index (χ0v) is 12.8. The summed E-state index contributed by atoms with van der Waals surface area (Å²) in [5.41, 5.74) is -1.01. The summed E-state index contributed by atoms with van der Waals surface area (Å²) in [5, 5.41) is 28.2. The Bertz CT molecular complexity index is 1040. The number of carbonyl (C=O) groups is 1. The van der Waals surface area contributed by atoms with E-state index in [1.165, 1.54) is 18.2 Å². The first-order valence-electron chi connectivity index (χ1n) is 7.37. The summed E-state index contributed by atoms with van der Waals surface area (Å²) in [4.78, 5) is 23.7. The van der Waals surface area contributed by atoms with Crippen LogP contribution in [0, 0.1) is 5.82 Å².